The number of thioether (sulfide) groups is 1. The van der Waals surface area contributed by atoms with Crippen molar-refractivity contribution in [3.8, 4) is 0 Å². The summed E-state index contributed by atoms with van der Waals surface area (Å²) in [6, 6.07) is -0.615. The van der Waals surface area contributed by atoms with Gasteiger partial charge in [-0.15, -0.1) is 11.8 Å². The largest absolute Gasteiger partial charge is 0.477 e. The molecule has 0 saturated carbocycles. The van der Waals surface area contributed by atoms with Crippen molar-refractivity contribution in [1.29, 1.82) is 0 Å². The van der Waals surface area contributed by atoms with Gasteiger partial charge in [-0.25, -0.2) is 4.79 Å². The van der Waals surface area contributed by atoms with Crippen LogP contribution in [0.25, 0.3) is 0 Å². The topological polar surface area (TPSA) is 105 Å². The van der Waals surface area contributed by atoms with E-state index in [9.17, 15) is 9.59 Å². The number of carboxylic acid groups (broad SMARTS) is 1. The standard InChI is InChI=1S/C9H11N3O4S/c1-16-11-2-4-3-17-8-5(10)7(13)12(8)6(4)9(14)15/h2,5,8H,3,10H2,1H3,(H,14,15)/t5?,8-/m0/s1. The molecule has 7 nitrogen and oxygen atoms in total. The third kappa shape index (κ3) is 1.79. The lowest BCUT2D eigenvalue weighted by molar-refractivity contribution is -0.147. The van der Waals surface area contributed by atoms with E-state index in [1.807, 2.05) is 0 Å². The third-order valence-corrected chi connectivity index (χ3v) is 3.88. The molecule has 0 bridgehead atoms. The van der Waals surface area contributed by atoms with Crippen LogP contribution in [-0.4, -0.2) is 52.4 Å². The summed E-state index contributed by atoms with van der Waals surface area (Å²) in [6.07, 6.45) is 1.31. The van der Waals surface area contributed by atoms with Crippen molar-refractivity contribution < 1.29 is 19.5 Å². The monoisotopic (exact) mass is 257 g/mol. The zero-order valence-corrected chi connectivity index (χ0v) is 9.81. The molecule has 0 aromatic heterocycles. The summed E-state index contributed by atoms with van der Waals surface area (Å²) in [5, 5.41) is 12.4. The molecule has 0 spiro atoms. The van der Waals surface area contributed by atoms with E-state index in [1.54, 1.807) is 0 Å². The molecule has 8 heteroatoms. The van der Waals surface area contributed by atoms with Crippen LogP contribution in [0, 0.1) is 0 Å². The van der Waals surface area contributed by atoms with E-state index in [4.69, 9.17) is 10.8 Å². The van der Waals surface area contributed by atoms with E-state index in [2.05, 4.69) is 9.99 Å². The second kappa shape index (κ2) is 4.38. The fourth-order valence-corrected chi connectivity index (χ4v) is 3.00. The van der Waals surface area contributed by atoms with Gasteiger partial charge in [0.15, 0.2) is 0 Å². The molecule has 1 amide bonds. The van der Waals surface area contributed by atoms with Crippen molar-refractivity contribution in [1.82, 2.24) is 4.90 Å². The normalized spacial score (nSPS) is 28.1. The Morgan fingerprint density at radius 1 is 1.76 bits per heavy atom. The predicted molar refractivity (Wildman–Crippen MR) is 61.2 cm³/mol. The number of β-lactam (4-membered cyclic amide) rings is 1. The highest BCUT2D eigenvalue weighted by molar-refractivity contribution is 8.00. The summed E-state index contributed by atoms with van der Waals surface area (Å²) in [4.78, 5) is 28.4. The quantitative estimate of drug-likeness (QED) is 0.389. The van der Waals surface area contributed by atoms with E-state index in [0.29, 0.717) is 11.3 Å². The van der Waals surface area contributed by atoms with Crippen LogP contribution >= 0.6 is 11.8 Å². The van der Waals surface area contributed by atoms with Gasteiger partial charge in [-0.3, -0.25) is 9.69 Å². The molecule has 0 aromatic carbocycles. The zero-order valence-electron chi connectivity index (χ0n) is 8.99. The van der Waals surface area contributed by atoms with Gasteiger partial charge in [0.2, 0.25) is 5.91 Å². The van der Waals surface area contributed by atoms with Crippen LogP contribution in [0.5, 0.6) is 0 Å². The molecule has 1 unspecified atom stereocenters. The maximum absolute atomic E-state index is 11.5. The lowest BCUT2D eigenvalue weighted by Gasteiger charge is -2.47. The van der Waals surface area contributed by atoms with Crippen molar-refractivity contribution in [3.63, 3.8) is 0 Å². The van der Waals surface area contributed by atoms with Gasteiger partial charge in [0.05, 0.1) is 6.21 Å². The first-order chi connectivity index (χ1) is 8.07. The Kier molecular flexibility index (Phi) is 3.07. The molecule has 0 aliphatic carbocycles. The van der Waals surface area contributed by atoms with Crippen LogP contribution in [0.4, 0.5) is 0 Å². The molecule has 0 radical (unpaired) electrons. The number of carboxylic acids is 1. The molecule has 17 heavy (non-hydrogen) atoms. The van der Waals surface area contributed by atoms with Gasteiger partial charge in [-0.1, -0.05) is 5.16 Å². The number of carbonyl (C=O) groups excluding carboxylic acids is 1. The molecule has 2 rings (SSSR count). The predicted octanol–water partition coefficient (Wildman–Crippen LogP) is -0.800. The van der Waals surface area contributed by atoms with Gasteiger partial charge >= 0.3 is 5.97 Å². The molecular formula is C9H11N3O4S. The van der Waals surface area contributed by atoms with Gasteiger partial charge in [0.1, 0.15) is 24.2 Å². The average molecular weight is 257 g/mol. The first kappa shape index (κ1) is 11.9. The van der Waals surface area contributed by atoms with Crippen LogP contribution in [0.15, 0.2) is 16.4 Å². The van der Waals surface area contributed by atoms with Crippen molar-refractivity contribution in [2.24, 2.45) is 10.9 Å². The molecule has 3 N–H and O–H groups in total. The number of nitrogens with zero attached hydrogens (tertiary/aromatic N) is 2. The number of hydrogen-bond donors (Lipinski definition) is 2. The lowest BCUT2D eigenvalue weighted by Crippen LogP contribution is -2.68. The number of nitrogens with two attached hydrogens (primary N) is 1. The molecule has 2 atom stereocenters. The second-order valence-electron chi connectivity index (χ2n) is 3.53. The fraction of sp³-hybridized carbons (Fsp3) is 0.444. The molecule has 0 aromatic rings. The summed E-state index contributed by atoms with van der Waals surface area (Å²) < 4.78 is 0. The fourth-order valence-electron chi connectivity index (χ4n) is 1.76. The van der Waals surface area contributed by atoms with Crippen LogP contribution in [0.3, 0.4) is 0 Å². The highest BCUT2D eigenvalue weighted by atomic mass is 32.2. The van der Waals surface area contributed by atoms with Crippen LogP contribution in [0.2, 0.25) is 0 Å². The van der Waals surface area contributed by atoms with E-state index in [-0.39, 0.29) is 17.0 Å². The summed E-state index contributed by atoms with van der Waals surface area (Å²) in [7, 11) is 1.36. The summed E-state index contributed by atoms with van der Waals surface area (Å²) in [5.74, 6) is -1.09. The summed E-state index contributed by atoms with van der Waals surface area (Å²) >= 11 is 1.42. The van der Waals surface area contributed by atoms with Gasteiger partial charge in [-0.05, 0) is 0 Å². The molecule has 2 heterocycles. The molecule has 92 valence electrons. The van der Waals surface area contributed by atoms with Crippen molar-refractivity contribution in [3.05, 3.63) is 11.3 Å². The van der Waals surface area contributed by atoms with Crippen molar-refractivity contribution >= 4 is 29.9 Å². The third-order valence-electron chi connectivity index (χ3n) is 2.56. The van der Waals surface area contributed by atoms with Crippen molar-refractivity contribution in [2.75, 3.05) is 12.9 Å². The van der Waals surface area contributed by atoms with E-state index in [0.717, 1.165) is 0 Å². The smallest absolute Gasteiger partial charge is 0.353 e. The molecule has 2 aliphatic heterocycles. The van der Waals surface area contributed by atoms with E-state index < -0.39 is 12.0 Å². The number of fused-ring (bicyclic) bond motifs is 1. The van der Waals surface area contributed by atoms with E-state index in [1.165, 1.54) is 30.0 Å². The summed E-state index contributed by atoms with van der Waals surface area (Å²) in [5.41, 5.74) is 5.99. The molecular weight excluding hydrogens is 246 g/mol. The highest BCUT2D eigenvalue weighted by Gasteiger charge is 2.51. The number of amides is 1. The molecule has 1 saturated heterocycles. The van der Waals surface area contributed by atoms with E-state index >= 15 is 0 Å². The Hall–Kier alpha value is -1.54. The average Bonchev–Trinajstić information content (AvgIpc) is 2.33. The maximum Gasteiger partial charge on any atom is 0.353 e. The Morgan fingerprint density at radius 2 is 2.47 bits per heavy atom. The second-order valence-corrected chi connectivity index (χ2v) is 4.64. The Balaban J connectivity index is 2.36. The van der Waals surface area contributed by atoms with Crippen LogP contribution in [0.1, 0.15) is 0 Å². The first-order valence-electron chi connectivity index (χ1n) is 4.81. The Bertz CT molecular complexity index is 434. The SMILES string of the molecule is CON=CC1=C(C(=O)O)N2C(=O)C(N)[C@@H]2SC1. The Labute approximate surface area is 101 Å². The number of carbonyl (C=O) groups is 2. The number of aliphatic carboxylic acids is 1. The minimum atomic E-state index is -1.16. The Morgan fingerprint density at radius 3 is 3.06 bits per heavy atom. The minimum absolute atomic E-state index is 0.0544. The molecule has 2 aliphatic rings. The van der Waals surface area contributed by atoms with Gasteiger partial charge in [0.25, 0.3) is 0 Å². The minimum Gasteiger partial charge on any atom is -0.477 e. The van der Waals surface area contributed by atoms with Gasteiger partial charge in [0, 0.05) is 11.3 Å². The molecule has 1 fully saturated rings. The summed E-state index contributed by atoms with van der Waals surface area (Å²) in [6.45, 7) is 0. The van der Waals surface area contributed by atoms with Crippen LogP contribution < -0.4 is 5.73 Å². The zero-order chi connectivity index (χ0) is 12.6. The number of oxime groups is 1. The van der Waals surface area contributed by atoms with Gasteiger partial charge < -0.3 is 15.7 Å². The lowest BCUT2D eigenvalue weighted by atomic mass is 10.0. The number of rotatable bonds is 3. The number of hydrogen-bond acceptors (Lipinski definition) is 6. The van der Waals surface area contributed by atoms with Crippen LogP contribution in [-0.2, 0) is 14.4 Å². The first-order valence-corrected chi connectivity index (χ1v) is 5.86. The van der Waals surface area contributed by atoms with Crippen molar-refractivity contribution in [2.45, 2.75) is 11.4 Å². The highest BCUT2D eigenvalue weighted by Crippen LogP contribution is 2.38. The maximum atomic E-state index is 11.5. The van der Waals surface area contributed by atoms with Gasteiger partial charge in [-0.2, -0.15) is 0 Å².